The van der Waals surface area contributed by atoms with Gasteiger partial charge in [0.1, 0.15) is 11.5 Å². The second kappa shape index (κ2) is 7.23. The minimum atomic E-state index is 0.181. The lowest BCUT2D eigenvalue weighted by Crippen LogP contribution is -2.09. The standard InChI is InChI=1S/C17H20ClNO2/c1-4-17(12-6-5-7-13(18)8-12)19-14-9-15(20-2)11-16(10-14)21-3/h5-11,17,19H,4H2,1-3H3. The first-order valence-corrected chi connectivity index (χ1v) is 7.29. The zero-order valence-electron chi connectivity index (χ0n) is 12.5. The number of hydrogen-bond donors (Lipinski definition) is 1. The molecule has 2 rings (SSSR count). The van der Waals surface area contributed by atoms with E-state index in [9.17, 15) is 0 Å². The largest absolute Gasteiger partial charge is 0.497 e. The molecular formula is C17H20ClNO2. The lowest BCUT2D eigenvalue weighted by atomic mass is 10.0. The van der Waals surface area contributed by atoms with Crippen LogP contribution in [0.3, 0.4) is 0 Å². The molecule has 0 fully saturated rings. The predicted molar refractivity (Wildman–Crippen MR) is 87.7 cm³/mol. The highest BCUT2D eigenvalue weighted by Gasteiger charge is 2.11. The average Bonchev–Trinajstić information content (AvgIpc) is 2.52. The van der Waals surface area contributed by atoms with E-state index < -0.39 is 0 Å². The fourth-order valence-electron chi connectivity index (χ4n) is 2.24. The Kier molecular flexibility index (Phi) is 5.34. The van der Waals surface area contributed by atoms with Crippen molar-refractivity contribution in [2.75, 3.05) is 19.5 Å². The molecular weight excluding hydrogens is 286 g/mol. The van der Waals surface area contributed by atoms with Crippen LogP contribution >= 0.6 is 11.6 Å². The number of benzene rings is 2. The van der Waals surface area contributed by atoms with Gasteiger partial charge in [-0.15, -0.1) is 0 Å². The third kappa shape index (κ3) is 4.05. The van der Waals surface area contributed by atoms with Gasteiger partial charge in [0.15, 0.2) is 0 Å². The van der Waals surface area contributed by atoms with E-state index in [-0.39, 0.29) is 6.04 Å². The Labute approximate surface area is 130 Å². The molecule has 0 saturated heterocycles. The summed E-state index contributed by atoms with van der Waals surface area (Å²) in [7, 11) is 3.29. The SMILES string of the molecule is CCC(Nc1cc(OC)cc(OC)c1)c1cccc(Cl)c1. The first-order valence-electron chi connectivity index (χ1n) is 6.91. The maximum Gasteiger partial charge on any atom is 0.124 e. The predicted octanol–water partition coefficient (Wildman–Crippen LogP) is 4.92. The summed E-state index contributed by atoms with van der Waals surface area (Å²) in [4.78, 5) is 0. The second-order valence-corrected chi connectivity index (χ2v) is 5.20. The lowest BCUT2D eigenvalue weighted by Gasteiger charge is -2.20. The molecule has 0 amide bonds. The minimum absolute atomic E-state index is 0.181. The van der Waals surface area contributed by atoms with Crippen molar-refractivity contribution in [2.24, 2.45) is 0 Å². The normalized spacial score (nSPS) is 11.8. The number of ether oxygens (including phenoxy) is 2. The van der Waals surface area contributed by atoms with Gasteiger partial charge in [-0.25, -0.2) is 0 Å². The Morgan fingerprint density at radius 1 is 1.05 bits per heavy atom. The first-order chi connectivity index (χ1) is 10.2. The number of hydrogen-bond acceptors (Lipinski definition) is 3. The maximum atomic E-state index is 6.08. The summed E-state index contributed by atoms with van der Waals surface area (Å²) < 4.78 is 10.6. The van der Waals surface area contributed by atoms with Gasteiger partial charge in [-0.2, -0.15) is 0 Å². The molecule has 0 aliphatic heterocycles. The third-order valence-electron chi connectivity index (χ3n) is 3.35. The van der Waals surface area contributed by atoms with Gasteiger partial charge in [-0.3, -0.25) is 0 Å². The van der Waals surface area contributed by atoms with Crippen LogP contribution in [0.25, 0.3) is 0 Å². The Balaban J connectivity index is 2.26. The molecule has 0 aliphatic carbocycles. The van der Waals surface area contributed by atoms with Crippen LogP contribution in [0.4, 0.5) is 5.69 Å². The zero-order chi connectivity index (χ0) is 15.2. The summed E-state index contributed by atoms with van der Waals surface area (Å²) >= 11 is 6.08. The van der Waals surface area contributed by atoms with Crippen molar-refractivity contribution in [2.45, 2.75) is 19.4 Å². The van der Waals surface area contributed by atoms with Crippen LogP contribution in [0.15, 0.2) is 42.5 Å². The molecule has 1 unspecified atom stereocenters. The molecule has 0 heterocycles. The number of nitrogens with one attached hydrogen (secondary N) is 1. The van der Waals surface area contributed by atoms with Gasteiger partial charge in [0.25, 0.3) is 0 Å². The maximum absolute atomic E-state index is 6.08. The summed E-state index contributed by atoms with van der Waals surface area (Å²) in [6, 6.07) is 13.8. The van der Waals surface area contributed by atoms with E-state index in [1.54, 1.807) is 14.2 Å². The fraction of sp³-hybridized carbons (Fsp3) is 0.294. The highest BCUT2D eigenvalue weighted by atomic mass is 35.5. The van der Waals surface area contributed by atoms with Crippen molar-refractivity contribution < 1.29 is 9.47 Å². The van der Waals surface area contributed by atoms with Crippen LogP contribution in [0.5, 0.6) is 11.5 Å². The number of anilines is 1. The van der Waals surface area contributed by atoms with Gasteiger partial charge in [-0.1, -0.05) is 30.7 Å². The van der Waals surface area contributed by atoms with Gasteiger partial charge >= 0.3 is 0 Å². The number of rotatable bonds is 6. The molecule has 0 aromatic heterocycles. The van der Waals surface area contributed by atoms with Gasteiger partial charge in [0, 0.05) is 28.9 Å². The molecule has 4 heteroatoms. The van der Waals surface area contributed by atoms with Crippen molar-refractivity contribution in [1.82, 2.24) is 0 Å². The molecule has 0 spiro atoms. The topological polar surface area (TPSA) is 30.5 Å². The van der Waals surface area contributed by atoms with Crippen LogP contribution < -0.4 is 14.8 Å². The Hall–Kier alpha value is -1.87. The van der Waals surface area contributed by atoms with Crippen LogP contribution in [0.2, 0.25) is 5.02 Å². The van der Waals surface area contributed by atoms with E-state index >= 15 is 0 Å². The molecule has 21 heavy (non-hydrogen) atoms. The molecule has 112 valence electrons. The third-order valence-corrected chi connectivity index (χ3v) is 3.59. The molecule has 3 nitrogen and oxygen atoms in total. The fourth-order valence-corrected chi connectivity index (χ4v) is 2.44. The molecule has 2 aromatic carbocycles. The van der Waals surface area contributed by atoms with Gasteiger partial charge in [-0.05, 0) is 24.1 Å². The minimum Gasteiger partial charge on any atom is -0.497 e. The molecule has 1 atom stereocenters. The van der Waals surface area contributed by atoms with E-state index in [4.69, 9.17) is 21.1 Å². The molecule has 0 radical (unpaired) electrons. The summed E-state index contributed by atoms with van der Waals surface area (Å²) in [6.45, 7) is 2.13. The number of halogens is 1. The molecule has 0 bridgehead atoms. The monoisotopic (exact) mass is 305 g/mol. The Morgan fingerprint density at radius 2 is 1.71 bits per heavy atom. The van der Waals surface area contributed by atoms with Crippen molar-refractivity contribution in [3.05, 3.63) is 53.1 Å². The van der Waals surface area contributed by atoms with Crippen molar-refractivity contribution in [3.63, 3.8) is 0 Å². The van der Waals surface area contributed by atoms with E-state index in [1.807, 2.05) is 36.4 Å². The van der Waals surface area contributed by atoms with Crippen LogP contribution in [-0.4, -0.2) is 14.2 Å². The second-order valence-electron chi connectivity index (χ2n) is 4.76. The van der Waals surface area contributed by atoms with Gasteiger partial charge in [0.2, 0.25) is 0 Å². The highest BCUT2D eigenvalue weighted by molar-refractivity contribution is 6.30. The Morgan fingerprint density at radius 3 is 2.24 bits per heavy atom. The molecule has 0 saturated carbocycles. The van der Waals surface area contributed by atoms with E-state index in [0.29, 0.717) is 0 Å². The molecule has 2 aromatic rings. The smallest absolute Gasteiger partial charge is 0.124 e. The summed E-state index contributed by atoms with van der Waals surface area (Å²) in [5, 5.41) is 4.25. The van der Waals surface area contributed by atoms with Crippen LogP contribution in [0.1, 0.15) is 24.9 Å². The Bertz CT molecular complexity index is 579. The quantitative estimate of drug-likeness (QED) is 0.821. The summed E-state index contributed by atoms with van der Waals surface area (Å²) in [5.74, 6) is 1.52. The van der Waals surface area contributed by atoms with Crippen LogP contribution in [0, 0.1) is 0 Å². The van der Waals surface area contributed by atoms with Crippen molar-refractivity contribution in [3.8, 4) is 11.5 Å². The van der Waals surface area contributed by atoms with Crippen molar-refractivity contribution >= 4 is 17.3 Å². The summed E-state index contributed by atoms with van der Waals surface area (Å²) in [6.07, 6.45) is 0.944. The van der Waals surface area contributed by atoms with Crippen LogP contribution in [-0.2, 0) is 0 Å². The lowest BCUT2D eigenvalue weighted by molar-refractivity contribution is 0.394. The van der Waals surface area contributed by atoms with E-state index in [0.717, 1.165) is 34.2 Å². The van der Waals surface area contributed by atoms with Crippen molar-refractivity contribution in [1.29, 1.82) is 0 Å². The first kappa shape index (κ1) is 15.5. The van der Waals surface area contributed by atoms with Gasteiger partial charge < -0.3 is 14.8 Å². The molecule has 1 N–H and O–H groups in total. The van der Waals surface area contributed by atoms with E-state index in [2.05, 4.69) is 18.3 Å². The highest BCUT2D eigenvalue weighted by Crippen LogP contribution is 2.30. The zero-order valence-corrected chi connectivity index (χ0v) is 13.3. The summed E-state index contributed by atoms with van der Waals surface area (Å²) in [5.41, 5.74) is 2.12. The average molecular weight is 306 g/mol. The molecule has 0 aliphatic rings. The number of methoxy groups -OCH3 is 2. The van der Waals surface area contributed by atoms with E-state index in [1.165, 1.54) is 0 Å². The van der Waals surface area contributed by atoms with Gasteiger partial charge in [0.05, 0.1) is 20.3 Å².